The fraction of sp³-hybridized carbons (Fsp3) is 0.167. The third-order valence-electron chi connectivity index (χ3n) is 2.39. The molecule has 0 saturated heterocycles. The number of rotatable bonds is 2. The second-order valence-corrected chi connectivity index (χ2v) is 4.03. The normalized spacial score (nSPS) is 11.6. The van der Waals surface area contributed by atoms with Crippen LogP contribution in [0.1, 0.15) is 16.7 Å². The van der Waals surface area contributed by atoms with E-state index in [-0.39, 0.29) is 17.3 Å². The first-order valence-electron chi connectivity index (χ1n) is 5.08. The SMILES string of the molecule is FC(F)(F)c1ccccc1Cc1cnc(Cl)nc1. The van der Waals surface area contributed by atoms with Crippen molar-refractivity contribution >= 4 is 11.6 Å². The van der Waals surface area contributed by atoms with Crippen LogP contribution in [0, 0.1) is 0 Å². The number of aromatic nitrogens is 2. The van der Waals surface area contributed by atoms with Gasteiger partial charge >= 0.3 is 6.18 Å². The maximum atomic E-state index is 12.8. The molecule has 6 heteroatoms. The van der Waals surface area contributed by atoms with E-state index in [9.17, 15) is 13.2 Å². The Kier molecular flexibility index (Phi) is 3.52. The van der Waals surface area contributed by atoms with Crippen LogP contribution >= 0.6 is 11.6 Å². The molecule has 0 unspecified atom stereocenters. The van der Waals surface area contributed by atoms with Crippen LogP contribution in [0.4, 0.5) is 13.2 Å². The van der Waals surface area contributed by atoms with Gasteiger partial charge in [-0.05, 0) is 28.8 Å². The first-order chi connectivity index (χ1) is 8.47. The quantitative estimate of drug-likeness (QED) is 0.778. The van der Waals surface area contributed by atoms with E-state index in [0.717, 1.165) is 6.07 Å². The lowest BCUT2D eigenvalue weighted by molar-refractivity contribution is -0.138. The van der Waals surface area contributed by atoms with E-state index >= 15 is 0 Å². The van der Waals surface area contributed by atoms with Crippen molar-refractivity contribution in [2.75, 3.05) is 0 Å². The highest BCUT2D eigenvalue weighted by Gasteiger charge is 2.32. The zero-order valence-electron chi connectivity index (χ0n) is 9.08. The Balaban J connectivity index is 2.32. The molecule has 2 nitrogen and oxygen atoms in total. The minimum absolute atomic E-state index is 0.0721. The van der Waals surface area contributed by atoms with Crippen molar-refractivity contribution in [3.63, 3.8) is 0 Å². The third kappa shape index (κ3) is 2.98. The maximum absolute atomic E-state index is 12.8. The van der Waals surface area contributed by atoms with Crippen molar-refractivity contribution in [3.8, 4) is 0 Å². The van der Waals surface area contributed by atoms with Gasteiger partial charge in [-0.2, -0.15) is 13.2 Å². The summed E-state index contributed by atoms with van der Waals surface area (Å²) in [6.45, 7) is 0. The molecular weight excluding hydrogens is 265 g/mol. The number of alkyl halides is 3. The Labute approximate surface area is 106 Å². The highest BCUT2D eigenvalue weighted by molar-refractivity contribution is 6.28. The molecule has 0 bridgehead atoms. The molecule has 1 heterocycles. The predicted molar refractivity (Wildman–Crippen MR) is 61.3 cm³/mol. The summed E-state index contributed by atoms with van der Waals surface area (Å²) in [5.41, 5.74) is 0.131. The molecule has 0 amide bonds. The Hall–Kier alpha value is -1.62. The van der Waals surface area contributed by atoms with Crippen molar-refractivity contribution < 1.29 is 13.2 Å². The van der Waals surface area contributed by atoms with E-state index in [4.69, 9.17) is 11.6 Å². The standard InChI is InChI=1S/C12H8ClF3N2/c13-11-17-6-8(7-18-11)5-9-3-1-2-4-10(9)12(14,15)16/h1-4,6-7H,5H2. The van der Waals surface area contributed by atoms with Gasteiger partial charge in [-0.15, -0.1) is 0 Å². The number of hydrogen-bond acceptors (Lipinski definition) is 2. The molecule has 2 aromatic rings. The van der Waals surface area contributed by atoms with E-state index in [0.29, 0.717) is 5.56 Å². The molecule has 0 saturated carbocycles. The third-order valence-corrected chi connectivity index (χ3v) is 2.59. The van der Waals surface area contributed by atoms with Gasteiger partial charge in [-0.3, -0.25) is 0 Å². The van der Waals surface area contributed by atoms with Gasteiger partial charge in [0.1, 0.15) is 0 Å². The molecule has 0 radical (unpaired) electrons. The second-order valence-electron chi connectivity index (χ2n) is 3.69. The molecule has 0 aliphatic heterocycles. The number of nitrogens with zero attached hydrogens (tertiary/aromatic N) is 2. The average molecular weight is 273 g/mol. The summed E-state index contributed by atoms with van der Waals surface area (Å²) < 4.78 is 38.3. The van der Waals surface area contributed by atoms with Gasteiger partial charge in [0.05, 0.1) is 5.56 Å². The summed E-state index contributed by atoms with van der Waals surface area (Å²) in [6.07, 6.45) is -1.40. The maximum Gasteiger partial charge on any atom is 0.416 e. The fourth-order valence-electron chi connectivity index (χ4n) is 1.60. The van der Waals surface area contributed by atoms with Crippen molar-refractivity contribution in [2.45, 2.75) is 12.6 Å². The van der Waals surface area contributed by atoms with Gasteiger partial charge in [0.25, 0.3) is 0 Å². The van der Waals surface area contributed by atoms with Crippen LogP contribution in [0.2, 0.25) is 5.28 Å². The largest absolute Gasteiger partial charge is 0.416 e. The summed E-state index contributed by atoms with van der Waals surface area (Å²) in [4.78, 5) is 7.48. The van der Waals surface area contributed by atoms with E-state index in [1.165, 1.54) is 24.5 Å². The highest BCUT2D eigenvalue weighted by Crippen LogP contribution is 2.32. The van der Waals surface area contributed by atoms with E-state index in [1.807, 2.05) is 0 Å². The van der Waals surface area contributed by atoms with E-state index in [2.05, 4.69) is 9.97 Å². The molecule has 2 rings (SSSR count). The van der Waals surface area contributed by atoms with Crippen molar-refractivity contribution in [2.24, 2.45) is 0 Å². The lowest BCUT2D eigenvalue weighted by Gasteiger charge is -2.12. The molecule has 0 fully saturated rings. The van der Waals surface area contributed by atoms with Gasteiger partial charge in [0.2, 0.25) is 5.28 Å². The van der Waals surface area contributed by atoms with Crippen LogP contribution in [0.3, 0.4) is 0 Å². The summed E-state index contributed by atoms with van der Waals surface area (Å²) >= 11 is 5.52. The minimum Gasteiger partial charge on any atom is -0.226 e. The van der Waals surface area contributed by atoms with Crippen LogP contribution in [0.15, 0.2) is 36.7 Å². The van der Waals surface area contributed by atoms with E-state index in [1.54, 1.807) is 6.07 Å². The molecule has 94 valence electrons. The second kappa shape index (κ2) is 4.94. The smallest absolute Gasteiger partial charge is 0.226 e. The van der Waals surface area contributed by atoms with E-state index < -0.39 is 11.7 Å². The lowest BCUT2D eigenvalue weighted by atomic mass is 10.0. The summed E-state index contributed by atoms with van der Waals surface area (Å²) in [5, 5.41) is 0.0721. The molecule has 1 aromatic heterocycles. The molecule has 18 heavy (non-hydrogen) atoms. The molecule has 0 aliphatic rings. The molecule has 1 aromatic carbocycles. The monoisotopic (exact) mass is 272 g/mol. The highest BCUT2D eigenvalue weighted by atomic mass is 35.5. The van der Waals surface area contributed by atoms with Gasteiger partial charge in [0.15, 0.2) is 0 Å². The molecule has 0 spiro atoms. The summed E-state index contributed by atoms with van der Waals surface area (Å²) in [7, 11) is 0. The summed E-state index contributed by atoms with van der Waals surface area (Å²) in [5.74, 6) is 0. The van der Waals surface area contributed by atoms with Gasteiger partial charge in [-0.25, -0.2) is 9.97 Å². The van der Waals surface area contributed by atoms with Crippen LogP contribution in [0.25, 0.3) is 0 Å². The first-order valence-corrected chi connectivity index (χ1v) is 5.46. The molecule has 0 aliphatic carbocycles. The van der Waals surface area contributed by atoms with Crippen molar-refractivity contribution in [3.05, 3.63) is 58.6 Å². The molecule has 0 atom stereocenters. The fourth-order valence-corrected chi connectivity index (χ4v) is 1.70. The topological polar surface area (TPSA) is 25.8 Å². The Morgan fingerprint density at radius 3 is 2.28 bits per heavy atom. The number of benzene rings is 1. The predicted octanol–water partition coefficient (Wildman–Crippen LogP) is 3.74. The summed E-state index contributed by atoms with van der Waals surface area (Å²) in [6, 6.07) is 5.44. The first kappa shape index (κ1) is 12.8. The van der Waals surface area contributed by atoms with Gasteiger partial charge < -0.3 is 0 Å². The Morgan fingerprint density at radius 2 is 1.67 bits per heavy atom. The van der Waals surface area contributed by atoms with Crippen LogP contribution in [-0.4, -0.2) is 9.97 Å². The zero-order valence-corrected chi connectivity index (χ0v) is 9.83. The van der Waals surface area contributed by atoms with Crippen LogP contribution < -0.4 is 0 Å². The van der Waals surface area contributed by atoms with Crippen LogP contribution in [-0.2, 0) is 12.6 Å². The number of halogens is 4. The molecular formula is C12H8ClF3N2. The van der Waals surface area contributed by atoms with Crippen molar-refractivity contribution in [1.82, 2.24) is 9.97 Å². The van der Waals surface area contributed by atoms with Crippen molar-refractivity contribution in [1.29, 1.82) is 0 Å². The van der Waals surface area contributed by atoms with Crippen LogP contribution in [0.5, 0.6) is 0 Å². The Morgan fingerprint density at radius 1 is 1.06 bits per heavy atom. The van der Waals surface area contributed by atoms with Gasteiger partial charge in [0, 0.05) is 18.8 Å². The molecule has 0 N–H and O–H groups in total. The lowest BCUT2D eigenvalue weighted by Crippen LogP contribution is -2.09. The number of hydrogen-bond donors (Lipinski definition) is 0. The zero-order chi connectivity index (χ0) is 13.2. The Bertz CT molecular complexity index is 538. The average Bonchev–Trinajstić information content (AvgIpc) is 2.31. The minimum atomic E-state index is -4.36. The van der Waals surface area contributed by atoms with Gasteiger partial charge in [-0.1, -0.05) is 18.2 Å².